The van der Waals surface area contributed by atoms with Gasteiger partial charge in [-0.15, -0.1) is 0 Å². The third kappa shape index (κ3) is 6.25. The van der Waals surface area contributed by atoms with Gasteiger partial charge >= 0.3 is 0 Å². The molecule has 8 nitrogen and oxygen atoms in total. The molecule has 1 saturated heterocycles. The summed E-state index contributed by atoms with van der Waals surface area (Å²) in [5, 5.41) is 5.57. The van der Waals surface area contributed by atoms with Crippen LogP contribution in [0.5, 0.6) is 5.75 Å². The Morgan fingerprint density at radius 1 is 1.00 bits per heavy atom. The Balaban J connectivity index is 1.11. The van der Waals surface area contributed by atoms with Crippen LogP contribution in [0.25, 0.3) is 0 Å². The summed E-state index contributed by atoms with van der Waals surface area (Å²) in [5.74, 6) is 0.571. The molecular weight excluding hydrogens is 420 g/mol. The molecule has 3 amide bonds. The molecule has 1 fully saturated rings. The van der Waals surface area contributed by atoms with Gasteiger partial charge in [-0.2, -0.15) is 0 Å². The number of piperazine rings is 1. The number of nitrogens with zero attached hydrogens (tertiary/aromatic N) is 2. The van der Waals surface area contributed by atoms with Crippen LogP contribution in [-0.2, 0) is 20.8 Å². The van der Waals surface area contributed by atoms with E-state index in [1.54, 1.807) is 4.90 Å². The number of carbonyl (C=O) groups is 3. The van der Waals surface area contributed by atoms with Crippen LogP contribution >= 0.6 is 0 Å². The summed E-state index contributed by atoms with van der Waals surface area (Å²) in [7, 11) is 0. The molecule has 0 saturated carbocycles. The molecule has 0 aliphatic carbocycles. The van der Waals surface area contributed by atoms with Gasteiger partial charge in [-0.1, -0.05) is 18.2 Å². The molecule has 0 radical (unpaired) electrons. The van der Waals surface area contributed by atoms with Crippen LogP contribution in [0.4, 0.5) is 11.4 Å². The van der Waals surface area contributed by atoms with Gasteiger partial charge in [0, 0.05) is 50.4 Å². The first kappa shape index (κ1) is 22.6. The lowest BCUT2D eigenvalue weighted by Crippen LogP contribution is -2.51. The second-order valence-corrected chi connectivity index (χ2v) is 8.30. The second-order valence-electron chi connectivity index (χ2n) is 8.30. The highest BCUT2D eigenvalue weighted by atomic mass is 16.5. The fourth-order valence-corrected chi connectivity index (χ4v) is 4.10. The molecule has 0 aromatic heterocycles. The first-order valence-electron chi connectivity index (χ1n) is 11.5. The van der Waals surface area contributed by atoms with Crippen LogP contribution in [0.3, 0.4) is 0 Å². The largest absolute Gasteiger partial charge is 0.494 e. The highest BCUT2D eigenvalue weighted by molar-refractivity contribution is 5.94. The van der Waals surface area contributed by atoms with Gasteiger partial charge < -0.3 is 25.2 Å². The average molecular weight is 451 g/mol. The Morgan fingerprint density at radius 3 is 2.58 bits per heavy atom. The number of fused-ring (bicyclic) bond motifs is 1. The molecule has 2 aromatic carbocycles. The van der Waals surface area contributed by atoms with Crippen molar-refractivity contribution in [3.8, 4) is 5.75 Å². The van der Waals surface area contributed by atoms with E-state index in [9.17, 15) is 14.4 Å². The summed E-state index contributed by atoms with van der Waals surface area (Å²) < 4.78 is 5.74. The molecule has 2 aromatic rings. The molecule has 0 atom stereocenters. The van der Waals surface area contributed by atoms with E-state index in [1.165, 1.54) is 5.69 Å². The molecule has 0 spiro atoms. The Kier molecular flexibility index (Phi) is 7.44. The minimum absolute atomic E-state index is 0.0293. The lowest BCUT2D eigenvalue weighted by Gasteiger charge is -2.36. The van der Waals surface area contributed by atoms with Crippen LogP contribution < -0.4 is 20.3 Å². The summed E-state index contributed by atoms with van der Waals surface area (Å²) in [6.07, 6.45) is 2.05. The number of anilines is 2. The Bertz CT molecular complexity index is 987. The number of ether oxygens (including phenoxy) is 1. The molecule has 2 heterocycles. The van der Waals surface area contributed by atoms with E-state index in [0.29, 0.717) is 45.4 Å². The van der Waals surface area contributed by atoms with Crippen molar-refractivity contribution in [1.29, 1.82) is 0 Å². The van der Waals surface area contributed by atoms with Gasteiger partial charge in [-0.25, -0.2) is 0 Å². The van der Waals surface area contributed by atoms with Gasteiger partial charge in [0.1, 0.15) is 5.75 Å². The summed E-state index contributed by atoms with van der Waals surface area (Å²) in [4.78, 5) is 40.1. The summed E-state index contributed by atoms with van der Waals surface area (Å²) in [6.45, 7) is 3.32. The zero-order chi connectivity index (χ0) is 23.0. The topological polar surface area (TPSA) is 91.0 Å². The number of benzene rings is 2. The van der Waals surface area contributed by atoms with Crippen molar-refractivity contribution in [3.63, 3.8) is 0 Å². The number of amides is 3. The quantitative estimate of drug-likeness (QED) is 0.602. The Morgan fingerprint density at radius 2 is 1.79 bits per heavy atom. The van der Waals surface area contributed by atoms with Gasteiger partial charge in [-0.3, -0.25) is 14.4 Å². The molecule has 174 valence electrons. The van der Waals surface area contributed by atoms with Crippen LogP contribution in [0.15, 0.2) is 48.5 Å². The molecule has 2 aliphatic heterocycles. The van der Waals surface area contributed by atoms with E-state index in [4.69, 9.17) is 4.74 Å². The number of rotatable bonds is 8. The fourth-order valence-electron chi connectivity index (χ4n) is 4.10. The average Bonchev–Trinajstić information content (AvgIpc) is 2.86. The third-order valence-electron chi connectivity index (χ3n) is 5.98. The van der Waals surface area contributed by atoms with Crippen molar-refractivity contribution < 1.29 is 19.1 Å². The molecule has 33 heavy (non-hydrogen) atoms. The Hall–Kier alpha value is -3.55. The Labute approximate surface area is 193 Å². The van der Waals surface area contributed by atoms with Crippen molar-refractivity contribution >= 4 is 29.1 Å². The highest BCUT2D eigenvalue weighted by Gasteiger charge is 2.21. The monoisotopic (exact) mass is 450 g/mol. The standard InChI is InChI=1S/C25H30N4O4/c30-23(7-4-16-33-21-9-10-22-19(17-21)8-11-24(31)27-22)26-18-25(32)29-14-12-28(13-15-29)20-5-2-1-3-6-20/h1-3,5-6,9-10,17H,4,7-8,11-16,18H2,(H,26,30)(H,27,31). The second kappa shape index (κ2) is 10.8. The van der Waals surface area contributed by atoms with E-state index in [-0.39, 0.29) is 24.3 Å². The molecule has 0 unspecified atom stereocenters. The number of carbonyl (C=O) groups excluding carboxylic acids is 3. The van der Waals surface area contributed by atoms with Crippen molar-refractivity contribution in [2.24, 2.45) is 0 Å². The predicted octanol–water partition coefficient (Wildman–Crippen LogP) is 2.20. The van der Waals surface area contributed by atoms with E-state index in [2.05, 4.69) is 27.7 Å². The summed E-state index contributed by atoms with van der Waals surface area (Å²) in [6, 6.07) is 15.8. The third-order valence-corrected chi connectivity index (χ3v) is 5.98. The first-order chi connectivity index (χ1) is 16.1. The predicted molar refractivity (Wildman–Crippen MR) is 126 cm³/mol. The molecule has 8 heteroatoms. The lowest BCUT2D eigenvalue weighted by molar-refractivity contribution is -0.133. The van der Waals surface area contributed by atoms with Gasteiger partial charge in [-0.05, 0) is 48.7 Å². The SMILES string of the molecule is O=C(CCCOc1ccc2c(c1)CCC(=O)N2)NCC(=O)N1CCN(c2ccccc2)CC1. The normalized spacial score (nSPS) is 15.5. The molecular formula is C25H30N4O4. The van der Waals surface area contributed by atoms with Gasteiger partial charge in [0.25, 0.3) is 0 Å². The van der Waals surface area contributed by atoms with Crippen molar-refractivity contribution in [1.82, 2.24) is 10.2 Å². The number of hydrogen-bond donors (Lipinski definition) is 2. The maximum atomic E-state index is 12.4. The van der Waals surface area contributed by atoms with Gasteiger partial charge in [0.2, 0.25) is 17.7 Å². The smallest absolute Gasteiger partial charge is 0.242 e. The molecule has 2 N–H and O–H groups in total. The zero-order valence-corrected chi connectivity index (χ0v) is 18.7. The molecule has 2 aliphatic rings. The summed E-state index contributed by atoms with van der Waals surface area (Å²) >= 11 is 0. The van der Waals surface area contributed by atoms with Crippen LogP contribution in [0, 0.1) is 0 Å². The van der Waals surface area contributed by atoms with Crippen LogP contribution in [-0.4, -0.2) is 62.0 Å². The lowest BCUT2D eigenvalue weighted by atomic mass is 10.0. The molecule has 4 rings (SSSR count). The van der Waals surface area contributed by atoms with Crippen molar-refractivity contribution in [3.05, 3.63) is 54.1 Å². The van der Waals surface area contributed by atoms with Crippen LogP contribution in [0.2, 0.25) is 0 Å². The minimum Gasteiger partial charge on any atom is -0.494 e. The van der Waals surface area contributed by atoms with E-state index >= 15 is 0 Å². The maximum absolute atomic E-state index is 12.4. The number of nitrogens with one attached hydrogen (secondary N) is 2. The van der Waals surface area contributed by atoms with Gasteiger partial charge in [0.15, 0.2) is 0 Å². The number of hydrogen-bond acceptors (Lipinski definition) is 5. The van der Waals surface area contributed by atoms with Crippen LogP contribution in [0.1, 0.15) is 24.8 Å². The van der Waals surface area contributed by atoms with E-state index < -0.39 is 0 Å². The number of aryl methyl sites for hydroxylation is 1. The van der Waals surface area contributed by atoms with Crippen molar-refractivity contribution in [2.45, 2.75) is 25.7 Å². The molecule has 0 bridgehead atoms. The highest BCUT2D eigenvalue weighted by Crippen LogP contribution is 2.26. The maximum Gasteiger partial charge on any atom is 0.242 e. The van der Waals surface area contributed by atoms with Crippen molar-refractivity contribution in [2.75, 3.05) is 49.5 Å². The zero-order valence-electron chi connectivity index (χ0n) is 18.7. The van der Waals surface area contributed by atoms with Gasteiger partial charge in [0.05, 0.1) is 13.2 Å². The fraction of sp³-hybridized carbons (Fsp3) is 0.400. The number of para-hydroxylation sites is 1. The summed E-state index contributed by atoms with van der Waals surface area (Å²) in [5.41, 5.74) is 3.07. The van der Waals surface area contributed by atoms with E-state index in [0.717, 1.165) is 30.1 Å². The first-order valence-corrected chi connectivity index (χ1v) is 11.5. The van der Waals surface area contributed by atoms with E-state index in [1.807, 2.05) is 36.4 Å². The minimum atomic E-state index is -0.150.